The second-order valence-electron chi connectivity index (χ2n) is 2.86. The highest BCUT2D eigenvalue weighted by atomic mass is 32.1. The van der Waals surface area contributed by atoms with Crippen LogP contribution in [0.2, 0.25) is 0 Å². The zero-order chi connectivity index (χ0) is 10.7. The van der Waals surface area contributed by atoms with E-state index in [1.165, 1.54) is 17.5 Å². The molecule has 0 radical (unpaired) electrons. The number of thiazole rings is 1. The molecule has 1 aromatic heterocycles. The van der Waals surface area contributed by atoms with Crippen LogP contribution in [0.3, 0.4) is 0 Å². The normalized spacial score (nSPS) is 16.9. The van der Waals surface area contributed by atoms with Gasteiger partial charge in [0.15, 0.2) is 0 Å². The van der Waals surface area contributed by atoms with Crippen LogP contribution < -0.4 is 0 Å². The summed E-state index contributed by atoms with van der Waals surface area (Å²) in [6.07, 6.45) is 1.07. The monoisotopic (exact) mass is 229 g/mol. The number of rotatable bonds is 3. The molecule has 1 saturated heterocycles. The number of carbonyl (C=O) groups excluding carboxylic acids is 1. The average Bonchev–Trinajstić information content (AvgIpc) is 2.89. The Balaban J connectivity index is 2.06. The van der Waals surface area contributed by atoms with Gasteiger partial charge in [-0.05, 0) is 6.92 Å². The zero-order valence-corrected chi connectivity index (χ0v) is 9.08. The molecular weight excluding hydrogens is 218 g/mol. The number of aromatic nitrogens is 1. The fraction of sp³-hybridized carbons (Fsp3) is 0.556. The quantitative estimate of drug-likeness (QED) is 0.732. The van der Waals surface area contributed by atoms with E-state index in [-0.39, 0.29) is 5.97 Å². The van der Waals surface area contributed by atoms with Crippen molar-refractivity contribution >= 4 is 17.3 Å². The van der Waals surface area contributed by atoms with E-state index < -0.39 is 6.29 Å². The second kappa shape index (κ2) is 4.69. The minimum absolute atomic E-state index is 0.348. The largest absolute Gasteiger partial charge is 0.462 e. The predicted molar refractivity (Wildman–Crippen MR) is 52.7 cm³/mol. The number of nitrogens with zero attached hydrogens (tertiary/aromatic N) is 1. The third-order valence-electron chi connectivity index (χ3n) is 1.82. The summed E-state index contributed by atoms with van der Waals surface area (Å²) < 4.78 is 15.4. The minimum Gasteiger partial charge on any atom is -0.462 e. The minimum atomic E-state index is -0.418. The molecule has 0 unspecified atom stereocenters. The van der Waals surface area contributed by atoms with Gasteiger partial charge >= 0.3 is 5.97 Å². The highest BCUT2D eigenvalue weighted by Crippen LogP contribution is 2.27. The van der Waals surface area contributed by atoms with Crippen molar-refractivity contribution in [3.8, 4) is 0 Å². The number of carbonyl (C=O) groups is 1. The Morgan fingerprint density at radius 2 is 2.40 bits per heavy atom. The number of ether oxygens (including phenoxy) is 3. The first-order valence-electron chi connectivity index (χ1n) is 4.67. The van der Waals surface area contributed by atoms with Crippen molar-refractivity contribution in [2.75, 3.05) is 19.8 Å². The fourth-order valence-electron chi connectivity index (χ4n) is 1.19. The van der Waals surface area contributed by atoms with Crippen molar-refractivity contribution in [3.63, 3.8) is 0 Å². The fourth-order valence-corrected chi connectivity index (χ4v) is 2.00. The molecule has 0 N–H and O–H groups in total. The van der Waals surface area contributed by atoms with Crippen LogP contribution in [0, 0.1) is 0 Å². The molecule has 0 saturated carbocycles. The Bertz CT molecular complexity index is 346. The molecule has 2 rings (SSSR count). The Hall–Kier alpha value is -0.980. The lowest BCUT2D eigenvalue weighted by molar-refractivity contribution is -0.0442. The van der Waals surface area contributed by atoms with Crippen molar-refractivity contribution in [3.05, 3.63) is 16.1 Å². The lowest BCUT2D eigenvalue weighted by atomic mass is 10.5. The van der Waals surface area contributed by atoms with Gasteiger partial charge in [0.2, 0.25) is 6.29 Å². The molecule has 1 aromatic rings. The van der Waals surface area contributed by atoms with Crippen LogP contribution in [0.5, 0.6) is 0 Å². The van der Waals surface area contributed by atoms with E-state index in [0.717, 1.165) is 0 Å². The van der Waals surface area contributed by atoms with E-state index in [9.17, 15) is 4.79 Å². The lowest BCUT2D eigenvalue weighted by Gasteiger charge is -2.02. The molecule has 1 aliphatic heterocycles. The van der Waals surface area contributed by atoms with E-state index in [1.807, 2.05) is 0 Å². The standard InChI is InChI=1S/C9H11NO4S/c1-2-12-8(11)6-5-10-7(15-6)9-13-3-4-14-9/h5,9H,2-4H2,1H3. The topological polar surface area (TPSA) is 57.7 Å². The highest BCUT2D eigenvalue weighted by molar-refractivity contribution is 7.13. The van der Waals surface area contributed by atoms with E-state index in [2.05, 4.69) is 4.98 Å². The Morgan fingerprint density at radius 1 is 1.67 bits per heavy atom. The predicted octanol–water partition coefficient (Wildman–Crippen LogP) is 1.37. The van der Waals surface area contributed by atoms with Crippen LogP contribution in [-0.4, -0.2) is 30.8 Å². The second-order valence-corrected chi connectivity index (χ2v) is 3.92. The van der Waals surface area contributed by atoms with Crippen LogP contribution in [0.4, 0.5) is 0 Å². The van der Waals surface area contributed by atoms with Crippen molar-refractivity contribution in [1.29, 1.82) is 0 Å². The number of hydrogen-bond donors (Lipinski definition) is 0. The van der Waals surface area contributed by atoms with Crippen molar-refractivity contribution < 1.29 is 19.0 Å². The van der Waals surface area contributed by atoms with Crippen LogP contribution in [0.25, 0.3) is 0 Å². The number of esters is 1. The summed E-state index contributed by atoms with van der Waals surface area (Å²) in [5, 5.41) is 0.663. The van der Waals surface area contributed by atoms with E-state index in [1.54, 1.807) is 6.92 Å². The van der Waals surface area contributed by atoms with Crippen molar-refractivity contribution in [2.45, 2.75) is 13.2 Å². The van der Waals surface area contributed by atoms with Crippen LogP contribution in [0.1, 0.15) is 27.9 Å². The van der Waals surface area contributed by atoms with E-state index in [4.69, 9.17) is 14.2 Å². The van der Waals surface area contributed by atoms with E-state index in [0.29, 0.717) is 29.7 Å². The van der Waals surface area contributed by atoms with E-state index >= 15 is 0 Å². The first-order chi connectivity index (χ1) is 7.31. The molecule has 0 aliphatic carbocycles. The lowest BCUT2D eigenvalue weighted by Crippen LogP contribution is -2.01. The summed E-state index contributed by atoms with van der Waals surface area (Å²) >= 11 is 1.24. The average molecular weight is 229 g/mol. The summed E-state index contributed by atoms with van der Waals surface area (Å²) in [5.74, 6) is -0.348. The number of hydrogen-bond acceptors (Lipinski definition) is 6. The summed E-state index contributed by atoms with van der Waals surface area (Å²) in [4.78, 5) is 15.9. The van der Waals surface area contributed by atoms with Gasteiger partial charge in [0.1, 0.15) is 9.88 Å². The molecular formula is C9H11NO4S. The maximum atomic E-state index is 11.3. The molecule has 0 bridgehead atoms. The molecule has 1 fully saturated rings. The summed E-state index contributed by atoms with van der Waals surface area (Å²) in [6.45, 7) is 3.27. The Kier molecular flexibility index (Phi) is 3.30. The molecule has 0 atom stereocenters. The van der Waals surface area contributed by atoms with Gasteiger partial charge in [-0.1, -0.05) is 0 Å². The molecule has 0 spiro atoms. The van der Waals surface area contributed by atoms with Crippen molar-refractivity contribution in [1.82, 2.24) is 4.98 Å². The van der Waals surface area contributed by atoms with Gasteiger partial charge in [-0.25, -0.2) is 9.78 Å². The van der Waals surface area contributed by atoms with Gasteiger partial charge in [0.25, 0.3) is 0 Å². The molecule has 0 aromatic carbocycles. The Morgan fingerprint density at radius 3 is 3.07 bits per heavy atom. The Labute approximate surface area is 91.0 Å². The SMILES string of the molecule is CCOC(=O)c1cnc(C2OCCO2)s1. The van der Waals surface area contributed by atoms with Crippen LogP contribution in [0.15, 0.2) is 6.20 Å². The van der Waals surface area contributed by atoms with Gasteiger partial charge in [-0.15, -0.1) is 11.3 Å². The molecule has 2 heterocycles. The van der Waals surface area contributed by atoms with Gasteiger partial charge in [-0.3, -0.25) is 0 Å². The molecule has 0 amide bonds. The molecule has 82 valence electrons. The first kappa shape index (κ1) is 10.5. The van der Waals surface area contributed by atoms with Crippen molar-refractivity contribution in [2.24, 2.45) is 0 Å². The summed E-state index contributed by atoms with van der Waals surface area (Å²) in [7, 11) is 0. The van der Waals surface area contributed by atoms with Gasteiger partial charge in [0.05, 0.1) is 26.0 Å². The molecule has 1 aliphatic rings. The third kappa shape index (κ3) is 2.34. The van der Waals surface area contributed by atoms with Gasteiger partial charge in [0, 0.05) is 0 Å². The van der Waals surface area contributed by atoms with Gasteiger partial charge < -0.3 is 14.2 Å². The van der Waals surface area contributed by atoms with Crippen LogP contribution >= 0.6 is 11.3 Å². The molecule has 6 heteroatoms. The third-order valence-corrected chi connectivity index (χ3v) is 2.82. The smallest absolute Gasteiger partial charge is 0.349 e. The summed E-state index contributed by atoms with van der Waals surface area (Å²) in [6, 6.07) is 0. The maximum Gasteiger partial charge on any atom is 0.349 e. The van der Waals surface area contributed by atoms with Gasteiger partial charge in [-0.2, -0.15) is 0 Å². The maximum absolute atomic E-state index is 11.3. The molecule has 5 nitrogen and oxygen atoms in total. The summed E-state index contributed by atoms with van der Waals surface area (Å²) in [5.41, 5.74) is 0. The highest BCUT2D eigenvalue weighted by Gasteiger charge is 2.23. The molecule has 15 heavy (non-hydrogen) atoms. The first-order valence-corrected chi connectivity index (χ1v) is 5.49. The van der Waals surface area contributed by atoms with Crippen LogP contribution in [-0.2, 0) is 14.2 Å². The zero-order valence-electron chi connectivity index (χ0n) is 8.26.